The summed E-state index contributed by atoms with van der Waals surface area (Å²) in [7, 11) is 0. The number of hydrogen-bond donors (Lipinski definition) is 1. The SMILES string of the molecule is CC(C#N)n1cnc(-c2ccc(N)cc2)n1. The van der Waals surface area contributed by atoms with Crippen LogP contribution in [-0.2, 0) is 0 Å². The molecule has 1 atom stereocenters. The number of nitrogens with zero attached hydrogens (tertiary/aromatic N) is 4. The molecule has 1 aromatic carbocycles. The Bertz CT molecular complexity index is 520. The van der Waals surface area contributed by atoms with E-state index in [4.69, 9.17) is 11.0 Å². The molecule has 5 heteroatoms. The standard InChI is InChI=1S/C11H11N5/c1-8(6-12)16-7-14-11(15-16)9-2-4-10(13)5-3-9/h2-5,7-8H,13H2,1H3. The van der Waals surface area contributed by atoms with E-state index < -0.39 is 0 Å². The van der Waals surface area contributed by atoms with E-state index in [2.05, 4.69) is 16.2 Å². The lowest BCUT2D eigenvalue weighted by Gasteiger charge is -1.99. The van der Waals surface area contributed by atoms with Crippen LogP contribution in [0.2, 0.25) is 0 Å². The van der Waals surface area contributed by atoms with E-state index in [0.29, 0.717) is 11.5 Å². The van der Waals surface area contributed by atoms with Gasteiger partial charge in [0.25, 0.3) is 0 Å². The fourth-order valence-corrected chi connectivity index (χ4v) is 1.29. The predicted molar refractivity (Wildman–Crippen MR) is 60.2 cm³/mol. The number of nitriles is 1. The molecule has 16 heavy (non-hydrogen) atoms. The van der Waals surface area contributed by atoms with Crippen molar-refractivity contribution in [2.45, 2.75) is 13.0 Å². The molecule has 0 radical (unpaired) electrons. The minimum Gasteiger partial charge on any atom is -0.399 e. The summed E-state index contributed by atoms with van der Waals surface area (Å²) in [5, 5.41) is 13.0. The first-order valence-corrected chi connectivity index (χ1v) is 4.87. The van der Waals surface area contributed by atoms with E-state index in [1.54, 1.807) is 25.4 Å². The van der Waals surface area contributed by atoms with Crippen molar-refractivity contribution >= 4 is 5.69 Å². The van der Waals surface area contributed by atoms with Crippen molar-refractivity contribution in [1.29, 1.82) is 5.26 Å². The van der Waals surface area contributed by atoms with Crippen LogP contribution in [0.25, 0.3) is 11.4 Å². The number of hydrogen-bond acceptors (Lipinski definition) is 4. The number of nitrogen functional groups attached to an aromatic ring is 1. The smallest absolute Gasteiger partial charge is 0.181 e. The summed E-state index contributed by atoms with van der Waals surface area (Å²) in [6.45, 7) is 1.77. The molecule has 0 bridgehead atoms. The van der Waals surface area contributed by atoms with Gasteiger partial charge in [-0.05, 0) is 31.2 Å². The molecule has 5 nitrogen and oxygen atoms in total. The average molecular weight is 213 g/mol. The quantitative estimate of drug-likeness (QED) is 0.768. The lowest BCUT2D eigenvalue weighted by molar-refractivity contribution is 0.591. The van der Waals surface area contributed by atoms with Crippen molar-refractivity contribution in [2.75, 3.05) is 5.73 Å². The van der Waals surface area contributed by atoms with Crippen molar-refractivity contribution in [3.8, 4) is 17.5 Å². The van der Waals surface area contributed by atoms with E-state index in [9.17, 15) is 0 Å². The number of aromatic nitrogens is 3. The summed E-state index contributed by atoms with van der Waals surface area (Å²) >= 11 is 0. The minimum absolute atomic E-state index is 0.310. The van der Waals surface area contributed by atoms with Crippen LogP contribution in [0.3, 0.4) is 0 Å². The Morgan fingerprint density at radius 3 is 2.69 bits per heavy atom. The molecule has 0 aliphatic heterocycles. The summed E-state index contributed by atoms with van der Waals surface area (Å²) in [5.41, 5.74) is 7.18. The van der Waals surface area contributed by atoms with Crippen LogP contribution >= 0.6 is 0 Å². The summed E-state index contributed by atoms with van der Waals surface area (Å²) in [6, 6.07) is 9.08. The van der Waals surface area contributed by atoms with Gasteiger partial charge in [-0.3, -0.25) is 0 Å². The Morgan fingerprint density at radius 1 is 1.38 bits per heavy atom. The van der Waals surface area contributed by atoms with Crippen LogP contribution in [0.1, 0.15) is 13.0 Å². The minimum atomic E-state index is -0.310. The van der Waals surface area contributed by atoms with Crippen molar-refractivity contribution in [3.63, 3.8) is 0 Å². The van der Waals surface area contributed by atoms with Gasteiger partial charge in [0.1, 0.15) is 12.4 Å². The van der Waals surface area contributed by atoms with Crippen molar-refractivity contribution < 1.29 is 0 Å². The highest BCUT2D eigenvalue weighted by molar-refractivity contribution is 5.57. The lowest BCUT2D eigenvalue weighted by Crippen LogP contribution is -2.02. The Labute approximate surface area is 93.1 Å². The molecule has 0 fully saturated rings. The van der Waals surface area contributed by atoms with Gasteiger partial charge in [0.05, 0.1) is 6.07 Å². The zero-order valence-electron chi connectivity index (χ0n) is 8.83. The monoisotopic (exact) mass is 213 g/mol. The van der Waals surface area contributed by atoms with Gasteiger partial charge >= 0.3 is 0 Å². The molecular formula is C11H11N5. The van der Waals surface area contributed by atoms with Gasteiger partial charge in [0, 0.05) is 11.3 Å². The molecule has 0 saturated heterocycles. The summed E-state index contributed by atoms with van der Waals surface area (Å²) in [6.07, 6.45) is 1.56. The largest absolute Gasteiger partial charge is 0.399 e. The van der Waals surface area contributed by atoms with Crippen molar-refractivity contribution in [2.24, 2.45) is 0 Å². The Kier molecular flexibility index (Phi) is 2.56. The van der Waals surface area contributed by atoms with Gasteiger partial charge in [-0.2, -0.15) is 5.26 Å². The summed E-state index contributed by atoms with van der Waals surface area (Å²) in [4.78, 5) is 4.15. The maximum Gasteiger partial charge on any atom is 0.181 e. The zero-order chi connectivity index (χ0) is 11.5. The predicted octanol–water partition coefficient (Wildman–Crippen LogP) is 1.61. The first kappa shape index (κ1) is 10.2. The van der Waals surface area contributed by atoms with Crippen LogP contribution < -0.4 is 5.73 Å². The molecule has 1 heterocycles. The molecular weight excluding hydrogens is 202 g/mol. The maximum atomic E-state index is 8.75. The molecule has 2 N–H and O–H groups in total. The topological polar surface area (TPSA) is 80.5 Å². The molecule has 2 aromatic rings. The highest BCUT2D eigenvalue weighted by Gasteiger charge is 2.07. The van der Waals surface area contributed by atoms with Gasteiger partial charge in [-0.1, -0.05) is 0 Å². The second-order valence-electron chi connectivity index (χ2n) is 3.48. The molecule has 0 aliphatic carbocycles. The fourth-order valence-electron chi connectivity index (χ4n) is 1.29. The summed E-state index contributed by atoms with van der Waals surface area (Å²) < 4.78 is 1.53. The lowest BCUT2D eigenvalue weighted by atomic mass is 10.2. The van der Waals surface area contributed by atoms with E-state index in [1.165, 1.54) is 4.68 Å². The van der Waals surface area contributed by atoms with E-state index in [-0.39, 0.29) is 6.04 Å². The van der Waals surface area contributed by atoms with Crippen molar-refractivity contribution in [1.82, 2.24) is 14.8 Å². The third-order valence-corrected chi connectivity index (χ3v) is 2.26. The third kappa shape index (κ3) is 1.86. The summed E-state index contributed by atoms with van der Waals surface area (Å²) in [5.74, 6) is 0.599. The first-order valence-electron chi connectivity index (χ1n) is 4.87. The number of rotatable bonds is 2. The van der Waals surface area contributed by atoms with Crippen LogP contribution in [-0.4, -0.2) is 14.8 Å². The van der Waals surface area contributed by atoms with E-state index >= 15 is 0 Å². The van der Waals surface area contributed by atoms with Crippen LogP contribution in [0.4, 0.5) is 5.69 Å². The highest BCUT2D eigenvalue weighted by Crippen LogP contribution is 2.16. The van der Waals surface area contributed by atoms with Gasteiger partial charge in [0.15, 0.2) is 5.82 Å². The van der Waals surface area contributed by atoms with Gasteiger partial charge in [-0.15, -0.1) is 5.10 Å². The van der Waals surface area contributed by atoms with Crippen LogP contribution in [0.5, 0.6) is 0 Å². The molecule has 0 amide bonds. The molecule has 2 rings (SSSR count). The normalized spacial score (nSPS) is 12.0. The van der Waals surface area contributed by atoms with Crippen molar-refractivity contribution in [3.05, 3.63) is 30.6 Å². The highest BCUT2D eigenvalue weighted by atomic mass is 15.3. The van der Waals surface area contributed by atoms with E-state index in [1.807, 2.05) is 12.1 Å². The molecule has 1 aromatic heterocycles. The third-order valence-electron chi connectivity index (χ3n) is 2.26. The molecule has 0 aliphatic rings. The molecule has 1 unspecified atom stereocenters. The molecule has 0 saturated carbocycles. The molecule has 80 valence electrons. The van der Waals surface area contributed by atoms with Crippen LogP contribution in [0.15, 0.2) is 30.6 Å². The second-order valence-corrected chi connectivity index (χ2v) is 3.48. The Hall–Kier alpha value is -2.35. The maximum absolute atomic E-state index is 8.75. The molecule has 0 spiro atoms. The van der Waals surface area contributed by atoms with Gasteiger partial charge in [0.2, 0.25) is 0 Å². The average Bonchev–Trinajstić information content (AvgIpc) is 2.78. The number of benzene rings is 1. The van der Waals surface area contributed by atoms with Crippen LogP contribution in [0, 0.1) is 11.3 Å². The number of anilines is 1. The Balaban J connectivity index is 2.32. The number of nitrogens with two attached hydrogens (primary N) is 1. The zero-order valence-corrected chi connectivity index (χ0v) is 8.83. The second kappa shape index (κ2) is 4.03. The van der Waals surface area contributed by atoms with Gasteiger partial charge in [-0.25, -0.2) is 9.67 Å². The van der Waals surface area contributed by atoms with Gasteiger partial charge < -0.3 is 5.73 Å². The fraction of sp³-hybridized carbons (Fsp3) is 0.182. The first-order chi connectivity index (χ1) is 7.70. The Morgan fingerprint density at radius 2 is 2.06 bits per heavy atom. The van der Waals surface area contributed by atoms with E-state index in [0.717, 1.165) is 5.56 Å².